The lowest BCUT2D eigenvalue weighted by atomic mass is 10.0. The van der Waals surface area contributed by atoms with Crippen molar-refractivity contribution >= 4 is 17.6 Å². The minimum absolute atomic E-state index is 0.315. The summed E-state index contributed by atoms with van der Waals surface area (Å²) in [6.45, 7) is 1.51. The van der Waals surface area contributed by atoms with Gasteiger partial charge in [0.1, 0.15) is 5.69 Å². The summed E-state index contributed by atoms with van der Waals surface area (Å²) < 4.78 is 7.24. The van der Waals surface area contributed by atoms with Crippen molar-refractivity contribution in [1.29, 1.82) is 0 Å². The minimum atomic E-state index is -0.315. The van der Waals surface area contributed by atoms with E-state index in [9.17, 15) is 4.79 Å². The van der Waals surface area contributed by atoms with Gasteiger partial charge in [0.25, 0.3) is 0 Å². The van der Waals surface area contributed by atoms with E-state index in [1.807, 2.05) is 65.3 Å². The average Bonchev–Trinajstić information content (AvgIpc) is 3.12. The Labute approximate surface area is 165 Å². The number of ether oxygens (including phenoxy) is 1. The summed E-state index contributed by atoms with van der Waals surface area (Å²) in [6.07, 6.45) is 9.75. The zero-order valence-electron chi connectivity index (χ0n) is 15.9. The first-order chi connectivity index (χ1) is 13.8. The second-order valence-electron chi connectivity index (χ2n) is 7.10. The fraction of sp³-hybridized carbons (Fsp3) is 0.304. The third-order valence-electron chi connectivity index (χ3n) is 5.13. The fourth-order valence-electron chi connectivity index (χ4n) is 3.66. The highest BCUT2D eigenvalue weighted by Gasteiger charge is 2.14. The van der Waals surface area contributed by atoms with Crippen LogP contribution >= 0.6 is 0 Å². The molecule has 1 saturated heterocycles. The van der Waals surface area contributed by atoms with E-state index in [0.717, 1.165) is 41.7 Å². The number of rotatable bonds is 6. The Bertz CT molecular complexity index is 956. The Morgan fingerprint density at radius 2 is 2.04 bits per heavy atom. The third-order valence-corrected chi connectivity index (χ3v) is 5.13. The summed E-state index contributed by atoms with van der Waals surface area (Å²) in [7, 11) is 0. The van der Waals surface area contributed by atoms with Gasteiger partial charge in [0.05, 0.1) is 12.1 Å². The van der Waals surface area contributed by atoms with Crippen molar-refractivity contribution in [3.8, 4) is 11.3 Å². The van der Waals surface area contributed by atoms with Gasteiger partial charge in [-0.25, -0.2) is 9.31 Å². The zero-order chi connectivity index (χ0) is 19.2. The lowest BCUT2D eigenvalue weighted by molar-refractivity contribution is -0.137. The summed E-state index contributed by atoms with van der Waals surface area (Å²) in [6, 6.07) is 16.4. The van der Waals surface area contributed by atoms with E-state index < -0.39 is 0 Å². The van der Waals surface area contributed by atoms with Gasteiger partial charge in [-0.05, 0) is 44.0 Å². The zero-order valence-corrected chi connectivity index (χ0v) is 15.9. The van der Waals surface area contributed by atoms with E-state index in [2.05, 4.69) is 10.4 Å². The van der Waals surface area contributed by atoms with Crippen molar-refractivity contribution < 1.29 is 9.53 Å². The molecule has 4 rings (SSSR count). The largest absolute Gasteiger partial charge is 0.462 e. The molecule has 1 fully saturated rings. The van der Waals surface area contributed by atoms with Gasteiger partial charge < -0.3 is 10.1 Å². The van der Waals surface area contributed by atoms with E-state index in [1.165, 1.54) is 18.9 Å². The number of esters is 1. The molecule has 1 aliphatic rings. The Hall–Kier alpha value is -2.92. The molecule has 0 bridgehead atoms. The number of pyridine rings is 1. The lowest BCUT2D eigenvalue weighted by Crippen LogP contribution is -2.34. The van der Waals surface area contributed by atoms with Crippen LogP contribution in [0.2, 0.25) is 0 Å². The summed E-state index contributed by atoms with van der Waals surface area (Å²) >= 11 is 0. The Kier molecular flexibility index (Phi) is 5.83. The summed E-state index contributed by atoms with van der Waals surface area (Å²) in [4.78, 5) is 12.2. The first-order valence-corrected chi connectivity index (χ1v) is 9.92. The molecule has 1 aromatic carbocycles. The Morgan fingerprint density at radius 1 is 1.18 bits per heavy atom. The van der Waals surface area contributed by atoms with Crippen LogP contribution in [0.4, 0.5) is 0 Å². The van der Waals surface area contributed by atoms with Crippen molar-refractivity contribution in [3.05, 3.63) is 66.4 Å². The SMILES string of the molecule is O=C(/C=C/c1c(-c2ccccc2)nn2ccccc12)OCC[C@H]1CCCCN1. The molecule has 1 N–H and O–H groups in total. The van der Waals surface area contributed by atoms with Gasteiger partial charge in [0.2, 0.25) is 0 Å². The van der Waals surface area contributed by atoms with Crippen LogP contribution < -0.4 is 5.32 Å². The van der Waals surface area contributed by atoms with Crippen LogP contribution in [0.1, 0.15) is 31.2 Å². The molecule has 0 aliphatic carbocycles. The highest BCUT2D eigenvalue weighted by molar-refractivity contribution is 5.92. The van der Waals surface area contributed by atoms with E-state index in [-0.39, 0.29) is 5.97 Å². The number of carbonyl (C=O) groups excluding carboxylic acids is 1. The van der Waals surface area contributed by atoms with E-state index in [0.29, 0.717) is 12.6 Å². The van der Waals surface area contributed by atoms with E-state index in [1.54, 1.807) is 0 Å². The van der Waals surface area contributed by atoms with Gasteiger partial charge in [0.15, 0.2) is 0 Å². The number of benzene rings is 1. The molecule has 2 aromatic heterocycles. The number of hydrogen-bond donors (Lipinski definition) is 1. The van der Waals surface area contributed by atoms with Gasteiger partial charge in [0, 0.05) is 29.4 Å². The van der Waals surface area contributed by atoms with E-state index >= 15 is 0 Å². The van der Waals surface area contributed by atoms with Crippen LogP contribution in [-0.2, 0) is 9.53 Å². The molecule has 0 spiro atoms. The van der Waals surface area contributed by atoms with Gasteiger partial charge in [-0.2, -0.15) is 5.10 Å². The minimum Gasteiger partial charge on any atom is -0.462 e. The van der Waals surface area contributed by atoms with Gasteiger partial charge in [-0.15, -0.1) is 0 Å². The van der Waals surface area contributed by atoms with Crippen LogP contribution in [0.3, 0.4) is 0 Å². The highest BCUT2D eigenvalue weighted by Crippen LogP contribution is 2.27. The number of nitrogens with zero attached hydrogens (tertiary/aromatic N) is 2. The Balaban J connectivity index is 1.48. The molecule has 0 amide bonds. The second kappa shape index (κ2) is 8.85. The monoisotopic (exact) mass is 375 g/mol. The van der Waals surface area contributed by atoms with Crippen LogP contribution in [0.25, 0.3) is 22.9 Å². The van der Waals surface area contributed by atoms with E-state index in [4.69, 9.17) is 4.74 Å². The maximum atomic E-state index is 12.2. The smallest absolute Gasteiger partial charge is 0.330 e. The molecule has 5 nitrogen and oxygen atoms in total. The summed E-state index contributed by atoms with van der Waals surface area (Å²) in [5.74, 6) is -0.315. The molecule has 1 aliphatic heterocycles. The number of piperidine rings is 1. The third kappa shape index (κ3) is 4.31. The van der Waals surface area contributed by atoms with Crippen molar-refractivity contribution in [2.24, 2.45) is 0 Å². The highest BCUT2D eigenvalue weighted by atomic mass is 16.5. The van der Waals surface area contributed by atoms with Gasteiger partial charge in [-0.1, -0.05) is 42.8 Å². The topological polar surface area (TPSA) is 55.6 Å². The molecular formula is C23H25N3O2. The second-order valence-corrected chi connectivity index (χ2v) is 7.10. The van der Waals surface area contributed by atoms with Gasteiger partial charge in [-0.3, -0.25) is 0 Å². The maximum Gasteiger partial charge on any atom is 0.330 e. The van der Waals surface area contributed by atoms with Crippen molar-refractivity contribution in [2.75, 3.05) is 13.2 Å². The molecule has 0 saturated carbocycles. The molecular weight excluding hydrogens is 350 g/mol. The van der Waals surface area contributed by atoms with Crippen molar-refractivity contribution in [1.82, 2.24) is 14.9 Å². The first-order valence-electron chi connectivity index (χ1n) is 9.92. The molecule has 1 atom stereocenters. The molecule has 5 heteroatoms. The number of carbonyl (C=O) groups is 1. The predicted molar refractivity (Wildman–Crippen MR) is 111 cm³/mol. The summed E-state index contributed by atoms with van der Waals surface area (Å²) in [5, 5.41) is 8.16. The summed E-state index contributed by atoms with van der Waals surface area (Å²) in [5.41, 5.74) is 3.74. The standard InChI is InChI=1S/C23H25N3O2/c27-22(28-17-14-19-10-4-6-15-24-19)13-12-20-21-11-5-7-16-26(21)25-23(20)18-8-2-1-3-9-18/h1-3,5,7-9,11-13,16,19,24H,4,6,10,14-15,17H2/b13-12+/t19-/m1/s1. The molecule has 28 heavy (non-hydrogen) atoms. The van der Waals surface area contributed by atoms with Crippen molar-refractivity contribution in [2.45, 2.75) is 31.7 Å². The molecule has 0 radical (unpaired) electrons. The lowest BCUT2D eigenvalue weighted by Gasteiger charge is -2.22. The first kappa shape index (κ1) is 18.4. The number of hydrogen-bond acceptors (Lipinski definition) is 4. The average molecular weight is 375 g/mol. The van der Waals surface area contributed by atoms with Crippen LogP contribution in [0, 0.1) is 0 Å². The van der Waals surface area contributed by atoms with Gasteiger partial charge >= 0.3 is 5.97 Å². The number of fused-ring (bicyclic) bond motifs is 1. The predicted octanol–water partition coefficient (Wildman–Crippen LogP) is 4.09. The van der Waals surface area contributed by atoms with Crippen LogP contribution in [-0.4, -0.2) is 34.8 Å². The molecule has 0 unspecified atom stereocenters. The Morgan fingerprint density at radius 3 is 2.86 bits per heavy atom. The number of nitrogens with one attached hydrogen (secondary N) is 1. The molecule has 3 aromatic rings. The van der Waals surface area contributed by atoms with Crippen molar-refractivity contribution in [3.63, 3.8) is 0 Å². The molecule has 3 heterocycles. The molecule has 144 valence electrons. The van der Waals surface area contributed by atoms with Crippen LogP contribution in [0.15, 0.2) is 60.8 Å². The maximum absolute atomic E-state index is 12.2. The number of aromatic nitrogens is 2. The fourth-order valence-corrected chi connectivity index (χ4v) is 3.66. The quantitative estimate of drug-likeness (QED) is 0.521. The van der Waals surface area contributed by atoms with Crippen LogP contribution in [0.5, 0.6) is 0 Å². The normalized spacial score (nSPS) is 17.2.